The average Bonchev–Trinajstić information content (AvgIpc) is 2.97. The third-order valence-electron chi connectivity index (χ3n) is 5.52. The van der Waals surface area contributed by atoms with E-state index in [1.54, 1.807) is 0 Å². The van der Waals surface area contributed by atoms with E-state index in [4.69, 9.17) is 0 Å². The van der Waals surface area contributed by atoms with Gasteiger partial charge >= 0.3 is 0 Å². The second kappa shape index (κ2) is 6.63. The van der Waals surface area contributed by atoms with E-state index in [0.29, 0.717) is 0 Å². The highest BCUT2D eigenvalue weighted by Crippen LogP contribution is 2.31. The smallest absolute Gasteiger partial charge is 0.226 e. The molecule has 0 bridgehead atoms. The Kier molecular flexibility index (Phi) is 4.38. The van der Waals surface area contributed by atoms with Gasteiger partial charge in [0.05, 0.1) is 12.6 Å². The first-order valence-electron chi connectivity index (χ1n) is 9.95. The zero-order valence-corrected chi connectivity index (χ0v) is 17.7. The van der Waals surface area contributed by atoms with E-state index in [-0.39, 0.29) is 5.54 Å². The molecule has 0 aliphatic rings. The number of rotatable bonds is 2. The highest BCUT2D eigenvalue weighted by Gasteiger charge is 2.33. The van der Waals surface area contributed by atoms with Crippen LogP contribution >= 0.6 is 0 Å². The number of aromatic nitrogens is 2. The summed E-state index contributed by atoms with van der Waals surface area (Å²) >= 11 is 0. The summed E-state index contributed by atoms with van der Waals surface area (Å²) in [5.41, 5.74) is 8.89. The maximum absolute atomic E-state index is 2.48. The fourth-order valence-corrected chi connectivity index (χ4v) is 4.13. The fourth-order valence-electron chi connectivity index (χ4n) is 4.13. The topological polar surface area (TPSA) is 8.81 Å². The number of nitrogens with zero attached hydrogens (tertiary/aromatic N) is 2. The Hall–Kier alpha value is -2.87. The van der Waals surface area contributed by atoms with Gasteiger partial charge in [-0.1, -0.05) is 48.0 Å². The van der Waals surface area contributed by atoms with Gasteiger partial charge in [0.1, 0.15) is 5.54 Å². The van der Waals surface area contributed by atoms with Gasteiger partial charge < -0.3 is 0 Å². The van der Waals surface area contributed by atoms with Crippen molar-refractivity contribution in [3.8, 4) is 22.5 Å². The summed E-state index contributed by atoms with van der Waals surface area (Å²) in [4.78, 5) is 0. The van der Waals surface area contributed by atoms with Gasteiger partial charge in [-0.05, 0) is 75.6 Å². The van der Waals surface area contributed by atoms with Crippen molar-refractivity contribution in [2.24, 2.45) is 7.05 Å². The zero-order chi connectivity index (χ0) is 20.1. The number of hydrogen-bond acceptors (Lipinski definition) is 0. The van der Waals surface area contributed by atoms with E-state index in [1.165, 1.54) is 44.7 Å². The highest BCUT2D eigenvalue weighted by atomic mass is 15.2. The lowest BCUT2D eigenvalue weighted by Crippen LogP contribution is -2.51. The predicted molar refractivity (Wildman–Crippen MR) is 118 cm³/mol. The predicted octanol–water partition coefficient (Wildman–Crippen LogP) is 6.17. The molecule has 0 amide bonds. The first-order valence-corrected chi connectivity index (χ1v) is 9.95. The molecule has 0 spiro atoms. The third-order valence-corrected chi connectivity index (χ3v) is 5.52. The normalized spacial score (nSPS) is 11.9. The SMILES string of the molecule is Cc1ccc(C)c(-c2n(C)c3cc(-c4ccccc4)ccc3[n+]2C(C)(C)C)c1. The Morgan fingerprint density at radius 2 is 1.50 bits per heavy atom. The first kappa shape index (κ1) is 18.5. The third kappa shape index (κ3) is 3.03. The number of hydrogen-bond donors (Lipinski definition) is 0. The average molecular weight is 370 g/mol. The summed E-state index contributed by atoms with van der Waals surface area (Å²) in [5.74, 6) is 1.26. The molecule has 1 aromatic heterocycles. The van der Waals surface area contributed by atoms with Gasteiger partial charge in [0.15, 0.2) is 11.0 Å². The first-order chi connectivity index (χ1) is 13.3. The van der Waals surface area contributed by atoms with Gasteiger partial charge in [0.25, 0.3) is 5.82 Å². The Labute approximate surface area is 168 Å². The maximum Gasteiger partial charge on any atom is 0.290 e. The van der Waals surface area contributed by atoms with E-state index in [1.807, 2.05) is 0 Å². The molecule has 1 heterocycles. The number of imidazole rings is 1. The second-order valence-electron chi connectivity index (χ2n) is 8.78. The van der Waals surface area contributed by atoms with Crippen molar-refractivity contribution < 1.29 is 4.57 Å². The van der Waals surface area contributed by atoms with Crippen LogP contribution in [-0.4, -0.2) is 4.57 Å². The van der Waals surface area contributed by atoms with Crippen LogP contribution in [0, 0.1) is 13.8 Å². The molecular formula is C26H29N2+. The van der Waals surface area contributed by atoms with Gasteiger partial charge in [0, 0.05) is 0 Å². The lowest BCUT2D eigenvalue weighted by atomic mass is 10.0. The molecule has 2 nitrogen and oxygen atoms in total. The van der Waals surface area contributed by atoms with E-state index < -0.39 is 0 Å². The Balaban J connectivity index is 2.07. The van der Waals surface area contributed by atoms with Crippen LogP contribution in [0.5, 0.6) is 0 Å². The molecule has 0 radical (unpaired) electrons. The van der Waals surface area contributed by atoms with Gasteiger partial charge in [-0.25, -0.2) is 9.13 Å². The molecule has 142 valence electrons. The molecule has 0 aliphatic carbocycles. The largest absolute Gasteiger partial charge is 0.290 e. The molecule has 0 N–H and O–H groups in total. The van der Waals surface area contributed by atoms with Crippen molar-refractivity contribution in [1.82, 2.24) is 4.57 Å². The molecule has 4 rings (SSSR count). The van der Waals surface area contributed by atoms with E-state index in [9.17, 15) is 0 Å². The van der Waals surface area contributed by atoms with Crippen molar-refractivity contribution >= 4 is 11.0 Å². The van der Waals surface area contributed by atoms with Crippen molar-refractivity contribution in [2.75, 3.05) is 0 Å². The summed E-state index contributed by atoms with van der Waals surface area (Å²) in [5, 5.41) is 0. The van der Waals surface area contributed by atoms with Crippen molar-refractivity contribution in [3.63, 3.8) is 0 Å². The standard InChI is InChI=1S/C26H29N2/c1-18-12-13-19(2)22(16-18)25-27(6)24-17-21(20-10-8-7-9-11-20)14-15-23(24)28(25)26(3,4)5/h7-17H,1-6H3/q+1. The summed E-state index contributed by atoms with van der Waals surface area (Å²) in [6.45, 7) is 11.2. The summed E-state index contributed by atoms with van der Waals surface area (Å²) < 4.78 is 4.84. The molecule has 0 atom stereocenters. The van der Waals surface area contributed by atoms with Crippen LogP contribution in [0.3, 0.4) is 0 Å². The maximum atomic E-state index is 2.48. The van der Waals surface area contributed by atoms with Crippen LogP contribution in [0.4, 0.5) is 0 Å². The van der Waals surface area contributed by atoms with Crippen LogP contribution in [-0.2, 0) is 12.6 Å². The van der Waals surface area contributed by atoms with Crippen LogP contribution in [0.25, 0.3) is 33.5 Å². The minimum atomic E-state index is -0.0285. The second-order valence-corrected chi connectivity index (χ2v) is 8.78. The lowest BCUT2D eigenvalue weighted by molar-refractivity contribution is -0.721. The van der Waals surface area contributed by atoms with E-state index in [2.05, 4.69) is 118 Å². The summed E-state index contributed by atoms with van der Waals surface area (Å²) in [7, 11) is 2.19. The molecule has 0 aliphatic heterocycles. The number of aryl methyl sites for hydroxylation is 3. The minimum absolute atomic E-state index is 0.0285. The minimum Gasteiger partial charge on any atom is -0.226 e. The lowest BCUT2D eigenvalue weighted by Gasteiger charge is -2.19. The molecule has 4 aromatic rings. The van der Waals surface area contributed by atoms with Gasteiger partial charge in [-0.15, -0.1) is 0 Å². The highest BCUT2D eigenvalue weighted by molar-refractivity contribution is 5.82. The summed E-state index contributed by atoms with van der Waals surface area (Å²) in [6.07, 6.45) is 0. The van der Waals surface area contributed by atoms with Crippen LogP contribution in [0.1, 0.15) is 31.9 Å². The molecule has 28 heavy (non-hydrogen) atoms. The van der Waals surface area contributed by atoms with Crippen molar-refractivity contribution in [3.05, 3.63) is 77.9 Å². The summed E-state index contributed by atoms with van der Waals surface area (Å²) in [6, 6.07) is 24.2. The van der Waals surface area contributed by atoms with Crippen LogP contribution < -0.4 is 4.57 Å². The zero-order valence-electron chi connectivity index (χ0n) is 17.7. The van der Waals surface area contributed by atoms with Crippen molar-refractivity contribution in [2.45, 2.75) is 40.2 Å². The monoisotopic (exact) mass is 369 g/mol. The quantitative estimate of drug-likeness (QED) is 0.374. The fraction of sp³-hybridized carbons (Fsp3) is 0.269. The Morgan fingerprint density at radius 1 is 0.786 bits per heavy atom. The molecule has 2 heteroatoms. The Morgan fingerprint density at radius 3 is 2.18 bits per heavy atom. The molecule has 0 saturated carbocycles. The van der Waals surface area contributed by atoms with E-state index >= 15 is 0 Å². The number of benzene rings is 3. The van der Waals surface area contributed by atoms with Crippen LogP contribution in [0.2, 0.25) is 0 Å². The molecule has 0 saturated heterocycles. The van der Waals surface area contributed by atoms with Crippen molar-refractivity contribution in [1.29, 1.82) is 0 Å². The molecule has 0 fully saturated rings. The van der Waals surface area contributed by atoms with E-state index in [0.717, 1.165) is 0 Å². The van der Waals surface area contributed by atoms with Gasteiger partial charge in [-0.3, -0.25) is 0 Å². The molecular weight excluding hydrogens is 340 g/mol. The number of fused-ring (bicyclic) bond motifs is 1. The molecule has 3 aromatic carbocycles. The Bertz CT molecular complexity index is 1160. The van der Waals surface area contributed by atoms with Gasteiger partial charge in [0.2, 0.25) is 0 Å². The molecule has 0 unspecified atom stereocenters. The van der Waals surface area contributed by atoms with Crippen LogP contribution in [0.15, 0.2) is 66.7 Å². The van der Waals surface area contributed by atoms with Gasteiger partial charge in [-0.2, -0.15) is 0 Å².